The molecular formula is C25H30N2O3. The number of amides is 2. The number of benzene rings is 2. The largest absolute Gasteiger partial charge is 0.481 e. The number of nitrogens with one attached hydrogen (secondary N) is 1. The third-order valence-electron chi connectivity index (χ3n) is 5.97. The van der Waals surface area contributed by atoms with Gasteiger partial charge in [-0.25, -0.2) is 0 Å². The van der Waals surface area contributed by atoms with Crippen molar-refractivity contribution in [2.24, 2.45) is 0 Å². The van der Waals surface area contributed by atoms with Crippen molar-refractivity contribution in [3.05, 3.63) is 64.7 Å². The lowest BCUT2D eigenvalue weighted by molar-refractivity contribution is -0.133. The fraction of sp³-hybridized carbons (Fsp3) is 0.440. The van der Waals surface area contributed by atoms with Crippen LogP contribution in [0.4, 0.5) is 0 Å². The Bertz CT molecular complexity index is 934. The Morgan fingerprint density at radius 1 is 1.17 bits per heavy atom. The third kappa shape index (κ3) is 4.35. The Morgan fingerprint density at radius 3 is 2.57 bits per heavy atom. The molecule has 0 radical (unpaired) electrons. The number of aryl methyl sites for hydroxylation is 1. The van der Waals surface area contributed by atoms with Crippen LogP contribution < -0.4 is 10.1 Å². The highest BCUT2D eigenvalue weighted by molar-refractivity contribution is 5.81. The van der Waals surface area contributed by atoms with Crippen LogP contribution in [0.1, 0.15) is 61.4 Å². The lowest BCUT2D eigenvalue weighted by atomic mass is 9.87. The van der Waals surface area contributed by atoms with Crippen molar-refractivity contribution in [3.63, 3.8) is 0 Å². The van der Waals surface area contributed by atoms with E-state index in [1.165, 1.54) is 11.1 Å². The first-order valence-corrected chi connectivity index (χ1v) is 10.9. The summed E-state index contributed by atoms with van der Waals surface area (Å²) in [5.41, 5.74) is 4.60. The molecular weight excluding hydrogens is 376 g/mol. The van der Waals surface area contributed by atoms with Gasteiger partial charge in [0.15, 0.2) is 6.10 Å². The number of carbonyl (C=O) groups excluding carboxylic acids is 2. The summed E-state index contributed by atoms with van der Waals surface area (Å²) in [6.45, 7) is 6.46. The monoisotopic (exact) mass is 406 g/mol. The highest BCUT2D eigenvalue weighted by atomic mass is 16.5. The Kier molecular flexibility index (Phi) is 5.80. The van der Waals surface area contributed by atoms with Crippen molar-refractivity contribution in [1.29, 1.82) is 0 Å². The van der Waals surface area contributed by atoms with E-state index in [0.29, 0.717) is 24.8 Å². The van der Waals surface area contributed by atoms with Gasteiger partial charge < -0.3 is 15.0 Å². The summed E-state index contributed by atoms with van der Waals surface area (Å²) in [5, 5.41) is 2.99. The maximum absolute atomic E-state index is 12.7. The predicted molar refractivity (Wildman–Crippen MR) is 116 cm³/mol. The zero-order valence-corrected chi connectivity index (χ0v) is 18.0. The average Bonchev–Trinajstić information content (AvgIpc) is 3.57. The summed E-state index contributed by atoms with van der Waals surface area (Å²) >= 11 is 0. The number of hydrogen-bond acceptors (Lipinski definition) is 3. The maximum atomic E-state index is 12.7. The number of ether oxygens (including phenoxy) is 1. The molecule has 4 rings (SSSR count). The van der Waals surface area contributed by atoms with E-state index in [4.69, 9.17) is 4.74 Å². The molecule has 1 aliphatic heterocycles. The number of hydrogen-bond donors (Lipinski definition) is 1. The molecule has 158 valence electrons. The molecule has 0 saturated heterocycles. The fourth-order valence-corrected chi connectivity index (χ4v) is 4.05. The molecule has 1 heterocycles. The maximum Gasteiger partial charge on any atom is 0.260 e. The molecule has 0 unspecified atom stereocenters. The van der Waals surface area contributed by atoms with Gasteiger partial charge in [-0.05, 0) is 61.9 Å². The van der Waals surface area contributed by atoms with Gasteiger partial charge in [0.25, 0.3) is 5.91 Å². The Balaban J connectivity index is 1.64. The molecule has 1 aliphatic carbocycles. The van der Waals surface area contributed by atoms with Crippen molar-refractivity contribution in [2.45, 2.75) is 64.6 Å². The van der Waals surface area contributed by atoms with E-state index in [9.17, 15) is 9.59 Å². The van der Waals surface area contributed by atoms with Crippen LogP contribution in [0, 0.1) is 6.92 Å². The first kappa shape index (κ1) is 20.5. The van der Waals surface area contributed by atoms with E-state index in [2.05, 4.69) is 42.6 Å². The van der Waals surface area contributed by atoms with Crippen LogP contribution in [0.5, 0.6) is 5.75 Å². The molecule has 2 aliphatic rings. The first-order valence-electron chi connectivity index (χ1n) is 10.9. The molecule has 2 atom stereocenters. The number of fused-ring (bicyclic) bond motifs is 1. The topological polar surface area (TPSA) is 58.6 Å². The standard InChI is InChI=1S/C25H30N2O3/c1-4-23(28)27-14-13-18-9-12-21(30-17(3)25(29)26-20-10-11-20)15-22(18)24(27)19-7-5-16(2)6-8-19/h5-9,12,15,17,20,24H,4,10-11,13-14H2,1-3H3,(H,26,29)/t17-,24-/m0/s1. The van der Waals surface area contributed by atoms with Gasteiger partial charge in [0, 0.05) is 19.0 Å². The second-order valence-corrected chi connectivity index (χ2v) is 8.41. The summed E-state index contributed by atoms with van der Waals surface area (Å²) in [5.74, 6) is 0.734. The van der Waals surface area contributed by atoms with Gasteiger partial charge in [-0.3, -0.25) is 9.59 Å². The van der Waals surface area contributed by atoms with Gasteiger partial charge in [0.05, 0.1) is 6.04 Å². The van der Waals surface area contributed by atoms with Crippen LogP contribution in [-0.4, -0.2) is 35.4 Å². The van der Waals surface area contributed by atoms with Crippen molar-refractivity contribution in [2.75, 3.05) is 6.54 Å². The van der Waals surface area contributed by atoms with Crippen molar-refractivity contribution in [3.8, 4) is 5.75 Å². The van der Waals surface area contributed by atoms with Gasteiger partial charge in [-0.15, -0.1) is 0 Å². The summed E-state index contributed by atoms with van der Waals surface area (Å²) in [7, 11) is 0. The van der Waals surface area contributed by atoms with Crippen molar-refractivity contribution >= 4 is 11.8 Å². The average molecular weight is 407 g/mol. The van der Waals surface area contributed by atoms with E-state index in [1.54, 1.807) is 6.92 Å². The lowest BCUT2D eigenvalue weighted by Gasteiger charge is -2.38. The Hall–Kier alpha value is -2.82. The number of carbonyl (C=O) groups is 2. The second kappa shape index (κ2) is 8.50. The van der Waals surface area contributed by atoms with Crippen LogP contribution >= 0.6 is 0 Å². The normalized spacial score (nSPS) is 19.0. The predicted octanol–water partition coefficient (Wildman–Crippen LogP) is 3.93. The van der Waals surface area contributed by atoms with Crippen molar-refractivity contribution < 1.29 is 14.3 Å². The number of rotatable bonds is 6. The quantitative estimate of drug-likeness (QED) is 0.791. The minimum absolute atomic E-state index is 0.0758. The smallest absolute Gasteiger partial charge is 0.260 e. The summed E-state index contributed by atoms with van der Waals surface area (Å²) in [4.78, 5) is 27.0. The summed E-state index contributed by atoms with van der Waals surface area (Å²) in [6, 6.07) is 14.6. The van der Waals surface area contributed by atoms with Crippen LogP contribution in [0.15, 0.2) is 42.5 Å². The van der Waals surface area contributed by atoms with Crippen LogP contribution in [-0.2, 0) is 16.0 Å². The third-order valence-corrected chi connectivity index (χ3v) is 5.97. The molecule has 5 nitrogen and oxygen atoms in total. The van der Waals surface area contributed by atoms with Crippen LogP contribution in [0.3, 0.4) is 0 Å². The lowest BCUT2D eigenvalue weighted by Crippen LogP contribution is -2.40. The van der Waals surface area contributed by atoms with Crippen LogP contribution in [0.2, 0.25) is 0 Å². The van der Waals surface area contributed by atoms with Gasteiger partial charge in [0.1, 0.15) is 5.75 Å². The minimum atomic E-state index is -0.557. The Morgan fingerprint density at radius 2 is 1.90 bits per heavy atom. The SMILES string of the molecule is CCC(=O)N1CCc2ccc(O[C@@H](C)C(=O)NC3CC3)cc2[C@@H]1c1ccc(C)cc1. The molecule has 5 heteroatoms. The zero-order chi connectivity index (χ0) is 21.3. The summed E-state index contributed by atoms with van der Waals surface area (Å²) in [6.07, 6.45) is 2.85. The van der Waals surface area contributed by atoms with E-state index in [-0.39, 0.29) is 17.9 Å². The highest BCUT2D eigenvalue weighted by Gasteiger charge is 2.32. The van der Waals surface area contributed by atoms with Crippen LogP contribution in [0.25, 0.3) is 0 Å². The summed E-state index contributed by atoms with van der Waals surface area (Å²) < 4.78 is 5.98. The molecule has 0 bridgehead atoms. The molecule has 0 spiro atoms. The zero-order valence-electron chi connectivity index (χ0n) is 18.0. The minimum Gasteiger partial charge on any atom is -0.481 e. The van der Waals surface area contributed by atoms with Crippen molar-refractivity contribution in [1.82, 2.24) is 10.2 Å². The molecule has 1 N–H and O–H groups in total. The highest BCUT2D eigenvalue weighted by Crippen LogP contribution is 2.37. The fourth-order valence-electron chi connectivity index (χ4n) is 4.05. The molecule has 2 aromatic carbocycles. The number of nitrogens with zero attached hydrogens (tertiary/aromatic N) is 1. The van der Waals surface area contributed by atoms with E-state index in [1.807, 2.05) is 24.0 Å². The van der Waals surface area contributed by atoms with Gasteiger partial charge >= 0.3 is 0 Å². The molecule has 1 saturated carbocycles. The second-order valence-electron chi connectivity index (χ2n) is 8.41. The van der Waals surface area contributed by atoms with E-state index in [0.717, 1.165) is 30.4 Å². The van der Waals surface area contributed by atoms with Gasteiger partial charge in [0.2, 0.25) is 5.91 Å². The molecule has 1 fully saturated rings. The van der Waals surface area contributed by atoms with E-state index >= 15 is 0 Å². The van der Waals surface area contributed by atoms with Gasteiger partial charge in [-0.1, -0.05) is 42.8 Å². The van der Waals surface area contributed by atoms with Gasteiger partial charge in [-0.2, -0.15) is 0 Å². The molecule has 2 amide bonds. The first-order chi connectivity index (χ1) is 14.5. The molecule has 2 aromatic rings. The Labute approximate surface area is 178 Å². The molecule has 30 heavy (non-hydrogen) atoms. The molecule has 0 aromatic heterocycles. The van der Waals surface area contributed by atoms with E-state index < -0.39 is 6.10 Å².